The van der Waals surface area contributed by atoms with Crippen LogP contribution in [0, 0.1) is 23.3 Å². The summed E-state index contributed by atoms with van der Waals surface area (Å²) >= 11 is 0. The lowest BCUT2D eigenvalue weighted by atomic mass is 9.97. The van der Waals surface area contributed by atoms with E-state index >= 15 is 0 Å². The Kier molecular flexibility index (Phi) is 7.50. The zero-order valence-corrected chi connectivity index (χ0v) is 19.7. The zero-order valence-electron chi connectivity index (χ0n) is 19.7. The molecule has 35 heavy (non-hydrogen) atoms. The van der Waals surface area contributed by atoms with E-state index in [0.717, 1.165) is 24.0 Å². The molecule has 0 bridgehead atoms. The fourth-order valence-electron chi connectivity index (χ4n) is 4.10. The molecular weight excluding hydrogens is 448 g/mol. The van der Waals surface area contributed by atoms with Crippen LogP contribution in [0.5, 0.6) is 0 Å². The monoisotopic (exact) mass is 474 g/mol. The van der Waals surface area contributed by atoms with Crippen molar-refractivity contribution >= 4 is 12.2 Å². The summed E-state index contributed by atoms with van der Waals surface area (Å²) in [5, 5.41) is 0. The molecule has 0 radical (unpaired) electrons. The topological polar surface area (TPSA) is 0 Å². The van der Waals surface area contributed by atoms with E-state index < -0.39 is 23.3 Å². The van der Waals surface area contributed by atoms with Crippen LogP contribution in [-0.4, -0.2) is 0 Å². The quantitative estimate of drug-likeness (QED) is 0.185. The Labute approximate surface area is 203 Å². The van der Waals surface area contributed by atoms with E-state index in [1.165, 1.54) is 6.08 Å². The second kappa shape index (κ2) is 10.7. The first kappa shape index (κ1) is 24.5. The highest BCUT2D eigenvalue weighted by molar-refractivity contribution is 5.75. The minimum Gasteiger partial charge on any atom is -0.203 e. The highest BCUT2D eigenvalue weighted by Gasteiger charge is 2.16. The molecule has 4 heteroatoms. The van der Waals surface area contributed by atoms with Gasteiger partial charge in [0.1, 0.15) is 0 Å². The minimum absolute atomic E-state index is 0.148. The van der Waals surface area contributed by atoms with Crippen LogP contribution in [0.3, 0.4) is 0 Å². The number of hydrogen-bond acceptors (Lipinski definition) is 0. The van der Waals surface area contributed by atoms with Gasteiger partial charge in [0.25, 0.3) is 0 Å². The van der Waals surface area contributed by atoms with Crippen molar-refractivity contribution in [2.45, 2.75) is 33.1 Å². The van der Waals surface area contributed by atoms with Crippen molar-refractivity contribution in [1.82, 2.24) is 0 Å². The molecule has 0 nitrogen and oxygen atoms in total. The SMILES string of the molecule is CCCc1ccc(-c2ccc(-c3ccc(C=Cc4ccc(CC)c(F)c4F)cc3)c(F)c2F)cc1. The van der Waals surface area contributed by atoms with Crippen molar-refractivity contribution in [2.75, 3.05) is 0 Å². The molecule has 0 saturated carbocycles. The molecule has 4 rings (SSSR count). The second-order valence-corrected chi connectivity index (χ2v) is 8.49. The van der Waals surface area contributed by atoms with Crippen LogP contribution < -0.4 is 0 Å². The smallest absolute Gasteiger partial charge is 0.167 e. The van der Waals surface area contributed by atoms with Gasteiger partial charge in [-0.1, -0.05) is 105 Å². The lowest BCUT2D eigenvalue weighted by molar-refractivity contribution is 0.498. The maximum absolute atomic E-state index is 15.0. The molecule has 0 heterocycles. The molecule has 178 valence electrons. The van der Waals surface area contributed by atoms with Crippen molar-refractivity contribution in [3.63, 3.8) is 0 Å². The average Bonchev–Trinajstić information content (AvgIpc) is 2.88. The van der Waals surface area contributed by atoms with E-state index in [-0.39, 0.29) is 16.7 Å². The third kappa shape index (κ3) is 5.22. The molecule has 0 spiro atoms. The fourth-order valence-corrected chi connectivity index (χ4v) is 4.10. The summed E-state index contributed by atoms with van der Waals surface area (Å²) in [4.78, 5) is 0. The number of halogens is 4. The average molecular weight is 475 g/mol. The Morgan fingerprint density at radius 1 is 0.571 bits per heavy atom. The Hall–Kier alpha value is -3.66. The van der Waals surface area contributed by atoms with Gasteiger partial charge < -0.3 is 0 Å². The zero-order chi connectivity index (χ0) is 24.9. The van der Waals surface area contributed by atoms with Gasteiger partial charge >= 0.3 is 0 Å². The minimum atomic E-state index is -0.906. The summed E-state index contributed by atoms with van der Waals surface area (Å²) < 4.78 is 58.2. The Morgan fingerprint density at radius 2 is 1.14 bits per heavy atom. The van der Waals surface area contributed by atoms with Crippen LogP contribution in [-0.2, 0) is 12.8 Å². The lowest BCUT2D eigenvalue weighted by Gasteiger charge is -2.10. The molecule has 0 unspecified atom stereocenters. The van der Waals surface area contributed by atoms with Crippen molar-refractivity contribution < 1.29 is 17.6 Å². The highest BCUT2D eigenvalue weighted by Crippen LogP contribution is 2.32. The van der Waals surface area contributed by atoms with Gasteiger partial charge in [-0.25, -0.2) is 17.6 Å². The summed E-state index contributed by atoms with van der Waals surface area (Å²) in [7, 11) is 0. The maximum atomic E-state index is 15.0. The predicted molar refractivity (Wildman–Crippen MR) is 136 cm³/mol. The molecule has 0 atom stereocenters. The van der Waals surface area contributed by atoms with E-state index in [1.54, 1.807) is 61.5 Å². The van der Waals surface area contributed by atoms with E-state index in [1.807, 2.05) is 24.3 Å². The molecule has 0 fully saturated rings. The third-order valence-electron chi connectivity index (χ3n) is 6.14. The second-order valence-electron chi connectivity index (χ2n) is 8.49. The first-order chi connectivity index (χ1) is 16.9. The van der Waals surface area contributed by atoms with E-state index in [9.17, 15) is 17.6 Å². The van der Waals surface area contributed by atoms with E-state index in [2.05, 4.69) is 6.92 Å². The molecule has 0 N–H and O–H groups in total. The highest BCUT2D eigenvalue weighted by atomic mass is 19.2. The van der Waals surface area contributed by atoms with Gasteiger partial charge in [-0.3, -0.25) is 0 Å². The lowest BCUT2D eigenvalue weighted by Crippen LogP contribution is -1.95. The van der Waals surface area contributed by atoms with Gasteiger partial charge in [0.2, 0.25) is 0 Å². The molecule has 0 aromatic heterocycles. The third-order valence-corrected chi connectivity index (χ3v) is 6.14. The first-order valence-electron chi connectivity index (χ1n) is 11.8. The number of aryl methyl sites for hydroxylation is 2. The van der Waals surface area contributed by atoms with Crippen molar-refractivity contribution in [3.8, 4) is 22.3 Å². The molecule has 4 aromatic rings. The van der Waals surface area contributed by atoms with Gasteiger partial charge in [-0.15, -0.1) is 0 Å². The normalized spacial score (nSPS) is 11.4. The van der Waals surface area contributed by atoms with Crippen LogP contribution >= 0.6 is 0 Å². The van der Waals surface area contributed by atoms with Gasteiger partial charge in [0.15, 0.2) is 23.3 Å². The van der Waals surface area contributed by atoms with Crippen LogP contribution in [0.2, 0.25) is 0 Å². The number of hydrogen-bond donors (Lipinski definition) is 0. The summed E-state index contributed by atoms with van der Waals surface area (Å²) in [5.74, 6) is -3.50. The molecule has 0 amide bonds. The van der Waals surface area contributed by atoms with Gasteiger partial charge in [-0.2, -0.15) is 0 Å². The molecular formula is C31H26F4. The maximum Gasteiger partial charge on any atom is 0.167 e. The van der Waals surface area contributed by atoms with Crippen LogP contribution in [0.25, 0.3) is 34.4 Å². The molecule has 0 aliphatic heterocycles. The Balaban J connectivity index is 1.56. The standard InChI is InChI=1S/C31H26F4/c1-3-5-20-6-11-23(12-7-20)26-18-19-27(31(35)30(26)34)24-13-8-21(9-14-24)10-15-25-17-16-22(4-2)28(32)29(25)33/h6-19H,3-5H2,1-2H3. The number of benzene rings is 4. The largest absolute Gasteiger partial charge is 0.203 e. The molecule has 0 aliphatic rings. The van der Waals surface area contributed by atoms with Crippen molar-refractivity contribution in [3.05, 3.63) is 118 Å². The van der Waals surface area contributed by atoms with Gasteiger partial charge in [-0.05, 0) is 40.7 Å². The predicted octanol–water partition coefficient (Wildman–Crippen LogP) is 9.26. The Bertz CT molecular complexity index is 1350. The summed E-state index contributed by atoms with van der Waals surface area (Å²) in [5.41, 5.74) is 3.89. The van der Waals surface area contributed by atoms with Gasteiger partial charge in [0.05, 0.1) is 0 Å². The van der Waals surface area contributed by atoms with Crippen LogP contribution in [0.15, 0.2) is 72.8 Å². The molecule has 0 saturated heterocycles. The van der Waals surface area contributed by atoms with Gasteiger partial charge in [0, 0.05) is 16.7 Å². The summed E-state index contributed by atoms with van der Waals surface area (Å²) in [6.07, 6.45) is 5.52. The van der Waals surface area contributed by atoms with Crippen LogP contribution in [0.1, 0.15) is 42.5 Å². The Morgan fingerprint density at radius 3 is 1.69 bits per heavy atom. The van der Waals surface area contributed by atoms with E-state index in [0.29, 0.717) is 23.1 Å². The fraction of sp³-hybridized carbons (Fsp3) is 0.161. The molecule has 0 aliphatic carbocycles. The van der Waals surface area contributed by atoms with Crippen molar-refractivity contribution in [2.24, 2.45) is 0 Å². The summed E-state index contributed by atoms with van der Waals surface area (Å²) in [6.45, 7) is 3.86. The number of rotatable bonds is 7. The first-order valence-corrected chi connectivity index (χ1v) is 11.8. The van der Waals surface area contributed by atoms with Crippen molar-refractivity contribution in [1.29, 1.82) is 0 Å². The summed E-state index contributed by atoms with van der Waals surface area (Å²) in [6, 6.07) is 20.6. The van der Waals surface area contributed by atoms with E-state index in [4.69, 9.17) is 0 Å². The molecule has 4 aromatic carbocycles. The van der Waals surface area contributed by atoms with Crippen LogP contribution in [0.4, 0.5) is 17.6 Å².